The van der Waals surface area contributed by atoms with Gasteiger partial charge in [0.05, 0.1) is 12.8 Å². The standard InChI is InChI=1S/C25H35N5O2/c1-3-30-21-11-10-19(18-20(21)24(26-30)25(31)29-12-6-7-13-29)27-14-16-28(17-15-27)22-8-4-5-9-23(22)32-2/h4-5,8-9,19H,3,6-7,10-18H2,1-2H3. The van der Waals surface area contributed by atoms with E-state index in [1.165, 1.54) is 16.9 Å². The van der Waals surface area contributed by atoms with E-state index in [0.29, 0.717) is 6.04 Å². The maximum Gasteiger partial charge on any atom is 0.274 e. The van der Waals surface area contributed by atoms with Gasteiger partial charge in [-0.15, -0.1) is 0 Å². The summed E-state index contributed by atoms with van der Waals surface area (Å²) in [6.45, 7) is 8.78. The van der Waals surface area contributed by atoms with Gasteiger partial charge in [-0.25, -0.2) is 0 Å². The first-order valence-corrected chi connectivity index (χ1v) is 12.2. The van der Waals surface area contributed by atoms with Crippen LogP contribution in [0, 0.1) is 0 Å². The fourth-order valence-corrected chi connectivity index (χ4v) is 5.70. The first-order valence-electron chi connectivity index (χ1n) is 12.2. The van der Waals surface area contributed by atoms with Gasteiger partial charge in [-0.2, -0.15) is 5.10 Å². The number of hydrogen-bond acceptors (Lipinski definition) is 5. The van der Waals surface area contributed by atoms with E-state index in [1.54, 1.807) is 7.11 Å². The molecule has 2 fully saturated rings. The predicted octanol–water partition coefficient (Wildman–Crippen LogP) is 2.83. The van der Waals surface area contributed by atoms with Crippen LogP contribution in [-0.2, 0) is 19.4 Å². The molecular weight excluding hydrogens is 402 g/mol. The number of carbonyl (C=O) groups excluding carboxylic acids is 1. The molecule has 0 N–H and O–H groups in total. The highest BCUT2D eigenvalue weighted by atomic mass is 16.5. The van der Waals surface area contributed by atoms with E-state index in [9.17, 15) is 4.79 Å². The van der Waals surface area contributed by atoms with Crippen LogP contribution in [0.5, 0.6) is 5.75 Å². The molecule has 2 aliphatic heterocycles. The van der Waals surface area contributed by atoms with E-state index in [1.807, 2.05) is 17.0 Å². The summed E-state index contributed by atoms with van der Waals surface area (Å²) in [6, 6.07) is 8.78. The molecule has 32 heavy (non-hydrogen) atoms. The number of aromatic nitrogens is 2. The third-order valence-electron chi connectivity index (χ3n) is 7.47. The first-order chi connectivity index (χ1) is 15.7. The Labute approximate surface area is 190 Å². The lowest BCUT2D eigenvalue weighted by Gasteiger charge is -2.41. The second-order valence-corrected chi connectivity index (χ2v) is 9.18. The minimum absolute atomic E-state index is 0.146. The molecule has 3 heterocycles. The number of benzene rings is 1. The number of ether oxygens (including phenoxy) is 1. The molecule has 1 unspecified atom stereocenters. The topological polar surface area (TPSA) is 53.8 Å². The molecule has 2 saturated heterocycles. The Morgan fingerprint density at radius 1 is 1.09 bits per heavy atom. The van der Waals surface area contributed by atoms with E-state index in [2.05, 4.69) is 33.5 Å². The molecule has 7 heteroatoms. The molecule has 5 rings (SSSR count). The van der Waals surface area contributed by atoms with Crippen molar-refractivity contribution in [3.05, 3.63) is 41.2 Å². The van der Waals surface area contributed by atoms with E-state index in [-0.39, 0.29) is 5.91 Å². The third-order valence-corrected chi connectivity index (χ3v) is 7.47. The Morgan fingerprint density at radius 3 is 2.56 bits per heavy atom. The summed E-state index contributed by atoms with van der Waals surface area (Å²) < 4.78 is 7.65. The van der Waals surface area contributed by atoms with Crippen LogP contribution >= 0.6 is 0 Å². The molecule has 1 aliphatic carbocycles. The lowest BCUT2D eigenvalue weighted by atomic mass is 9.89. The van der Waals surface area contributed by atoms with Crippen molar-refractivity contribution in [3.63, 3.8) is 0 Å². The van der Waals surface area contributed by atoms with Crippen molar-refractivity contribution in [2.45, 2.75) is 51.6 Å². The molecule has 1 aromatic heterocycles. The second-order valence-electron chi connectivity index (χ2n) is 9.18. The van der Waals surface area contributed by atoms with Crippen LogP contribution < -0.4 is 9.64 Å². The summed E-state index contributed by atoms with van der Waals surface area (Å²) in [5, 5.41) is 4.79. The fourth-order valence-electron chi connectivity index (χ4n) is 5.70. The maximum absolute atomic E-state index is 13.2. The average molecular weight is 438 g/mol. The van der Waals surface area contributed by atoms with Crippen LogP contribution in [0.1, 0.15) is 47.9 Å². The van der Waals surface area contributed by atoms with E-state index in [0.717, 1.165) is 89.4 Å². The summed E-state index contributed by atoms with van der Waals surface area (Å²) in [7, 11) is 1.74. The zero-order chi connectivity index (χ0) is 22.1. The van der Waals surface area contributed by atoms with Gasteiger partial charge in [0.1, 0.15) is 5.75 Å². The lowest BCUT2D eigenvalue weighted by molar-refractivity contribution is 0.0784. The van der Waals surface area contributed by atoms with Crippen LogP contribution in [0.3, 0.4) is 0 Å². The molecule has 3 aliphatic rings. The summed E-state index contributed by atoms with van der Waals surface area (Å²) in [5.41, 5.74) is 4.41. The molecule has 172 valence electrons. The lowest BCUT2D eigenvalue weighted by Crippen LogP contribution is -2.52. The van der Waals surface area contributed by atoms with Crippen molar-refractivity contribution in [2.24, 2.45) is 0 Å². The molecule has 2 aromatic rings. The summed E-state index contributed by atoms with van der Waals surface area (Å²) in [6.07, 6.45) is 5.33. The van der Waals surface area contributed by atoms with Crippen LogP contribution in [0.4, 0.5) is 5.69 Å². The van der Waals surface area contributed by atoms with Gasteiger partial charge in [-0.05, 0) is 51.2 Å². The second kappa shape index (κ2) is 9.14. The molecule has 0 radical (unpaired) electrons. The van der Waals surface area contributed by atoms with Crippen LogP contribution in [0.15, 0.2) is 24.3 Å². The molecule has 7 nitrogen and oxygen atoms in total. The van der Waals surface area contributed by atoms with E-state index >= 15 is 0 Å². The number of amides is 1. The Bertz CT molecular complexity index is 957. The van der Waals surface area contributed by atoms with Gasteiger partial charge in [0, 0.05) is 63.1 Å². The molecule has 1 aromatic carbocycles. The zero-order valence-corrected chi connectivity index (χ0v) is 19.4. The van der Waals surface area contributed by atoms with Crippen molar-refractivity contribution in [2.75, 3.05) is 51.3 Å². The Morgan fingerprint density at radius 2 is 1.84 bits per heavy atom. The summed E-state index contributed by atoms with van der Waals surface area (Å²) in [5.74, 6) is 1.09. The molecular formula is C25H35N5O2. The van der Waals surface area contributed by atoms with Gasteiger partial charge in [0.15, 0.2) is 5.69 Å². The normalized spacial score (nSPS) is 21.6. The molecule has 1 atom stereocenters. The molecule has 1 amide bonds. The van der Waals surface area contributed by atoms with Gasteiger partial charge < -0.3 is 14.5 Å². The average Bonchev–Trinajstić information content (AvgIpc) is 3.52. The van der Waals surface area contributed by atoms with Crippen molar-refractivity contribution in [1.29, 1.82) is 0 Å². The number of para-hydroxylation sites is 2. The smallest absolute Gasteiger partial charge is 0.274 e. The number of rotatable bonds is 5. The maximum atomic E-state index is 13.2. The van der Waals surface area contributed by atoms with Crippen molar-refractivity contribution < 1.29 is 9.53 Å². The molecule has 0 saturated carbocycles. The zero-order valence-electron chi connectivity index (χ0n) is 19.4. The number of methoxy groups -OCH3 is 1. The highest BCUT2D eigenvalue weighted by molar-refractivity contribution is 5.94. The quantitative estimate of drug-likeness (QED) is 0.720. The van der Waals surface area contributed by atoms with E-state index < -0.39 is 0 Å². The number of anilines is 1. The van der Waals surface area contributed by atoms with Gasteiger partial charge >= 0.3 is 0 Å². The summed E-state index contributed by atoms with van der Waals surface area (Å²) in [4.78, 5) is 20.3. The highest BCUT2D eigenvalue weighted by Crippen LogP contribution is 2.32. The Hall–Kier alpha value is -2.54. The van der Waals surface area contributed by atoms with Crippen molar-refractivity contribution in [3.8, 4) is 5.75 Å². The van der Waals surface area contributed by atoms with Crippen LogP contribution in [0.25, 0.3) is 0 Å². The number of hydrogen-bond donors (Lipinski definition) is 0. The van der Waals surface area contributed by atoms with Gasteiger partial charge in [0.25, 0.3) is 5.91 Å². The number of carbonyl (C=O) groups is 1. The minimum Gasteiger partial charge on any atom is -0.495 e. The summed E-state index contributed by atoms with van der Waals surface area (Å²) >= 11 is 0. The highest BCUT2D eigenvalue weighted by Gasteiger charge is 2.34. The number of piperazine rings is 1. The first kappa shape index (κ1) is 21.3. The van der Waals surface area contributed by atoms with Gasteiger partial charge in [0.2, 0.25) is 0 Å². The number of nitrogens with zero attached hydrogens (tertiary/aromatic N) is 5. The Balaban J connectivity index is 1.29. The van der Waals surface area contributed by atoms with Gasteiger partial charge in [-0.1, -0.05) is 12.1 Å². The van der Waals surface area contributed by atoms with Crippen LogP contribution in [-0.4, -0.2) is 77.9 Å². The molecule has 0 spiro atoms. The van der Waals surface area contributed by atoms with Gasteiger partial charge in [-0.3, -0.25) is 14.4 Å². The fraction of sp³-hybridized carbons (Fsp3) is 0.600. The number of fused-ring (bicyclic) bond motifs is 1. The van der Waals surface area contributed by atoms with Crippen LogP contribution in [0.2, 0.25) is 0 Å². The Kier molecular flexibility index (Phi) is 6.09. The predicted molar refractivity (Wildman–Crippen MR) is 126 cm³/mol. The largest absolute Gasteiger partial charge is 0.495 e. The SMILES string of the molecule is CCn1nc(C(=O)N2CCCC2)c2c1CCC(N1CCN(c3ccccc3OC)CC1)C2. The van der Waals surface area contributed by atoms with E-state index in [4.69, 9.17) is 9.84 Å². The number of aryl methyl sites for hydroxylation is 1. The minimum atomic E-state index is 0.146. The molecule has 0 bridgehead atoms. The monoisotopic (exact) mass is 437 g/mol. The third kappa shape index (κ3) is 3.87. The van der Waals surface area contributed by atoms with Crippen molar-refractivity contribution >= 4 is 11.6 Å². The van der Waals surface area contributed by atoms with Crippen molar-refractivity contribution in [1.82, 2.24) is 19.6 Å². The number of likely N-dealkylation sites (tertiary alicyclic amines) is 1.